The average molecular weight is 511 g/mol. The molecule has 0 amide bonds. The number of fused-ring (bicyclic) bond motifs is 3. The third-order valence-corrected chi connectivity index (χ3v) is 8.16. The van der Waals surface area contributed by atoms with Crippen LogP contribution in [-0.2, 0) is 6.54 Å². The highest BCUT2D eigenvalue weighted by molar-refractivity contribution is 7.26. The first kappa shape index (κ1) is 24.2. The largest absolute Gasteiger partial charge is 0.398 e. The van der Waals surface area contributed by atoms with Gasteiger partial charge >= 0.3 is 0 Å². The summed E-state index contributed by atoms with van der Waals surface area (Å²) in [5, 5.41) is 6.42. The minimum Gasteiger partial charge on any atom is -0.398 e. The first-order valence-corrected chi connectivity index (χ1v) is 13.8. The predicted molar refractivity (Wildman–Crippen MR) is 164 cm³/mol. The van der Waals surface area contributed by atoms with Gasteiger partial charge in [-0.25, -0.2) is 0 Å². The monoisotopic (exact) mass is 510 g/mol. The highest BCUT2D eigenvalue weighted by atomic mass is 32.1. The smallest absolute Gasteiger partial charge is 0.0532 e. The third kappa shape index (κ3) is 4.99. The molecule has 0 saturated carbocycles. The minimum atomic E-state index is -0.0609. The van der Waals surface area contributed by atoms with Gasteiger partial charge in [0.15, 0.2) is 0 Å². The second-order valence-electron chi connectivity index (χ2n) is 9.74. The summed E-state index contributed by atoms with van der Waals surface area (Å²) in [6, 6.07) is 42.9. The standard InChI is InChI=1S/C35H30N2S/c1-24-16-18-26(19-17-24)30-20-28(21-34-35(30)29-14-8-9-15-33(29)38-34)32(37-23-25-10-4-2-5-11-25)22-31(36)27-12-6-3-7-13-27/h2-22,32,37H,23,36H2,1H3/b31-22-. The lowest BCUT2D eigenvalue weighted by atomic mass is 9.93. The van der Waals surface area contributed by atoms with Crippen LogP contribution in [0.3, 0.4) is 0 Å². The molecule has 0 radical (unpaired) electrons. The Kier molecular flexibility index (Phi) is 6.78. The van der Waals surface area contributed by atoms with E-state index in [0.717, 1.165) is 17.8 Å². The van der Waals surface area contributed by atoms with Crippen molar-refractivity contribution in [3.63, 3.8) is 0 Å². The van der Waals surface area contributed by atoms with Crippen molar-refractivity contribution in [3.8, 4) is 11.1 Å². The van der Waals surface area contributed by atoms with E-state index in [2.05, 4.69) is 121 Å². The van der Waals surface area contributed by atoms with Gasteiger partial charge < -0.3 is 11.1 Å². The van der Waals surface area contributed by atoms with Crippen molar-refractivity contribution in [1.82, 2.24) is 5.32 Å². The van der Waals surface area contributed by atoms with Crippen LogP contribution in [0.15, 0.2) is 127 Å². The van der Waals surface area contributed by atoms with Crippen LogP contribution in [0.5, 0.6) is 0 Å². The molecule has 1 heterocycles. The lowest BCUT2D eigenvalue weighted by Crippen LogP contribution is -2.20. The van der Waals surface area contributed by atoms with Gasteiger partial charge in [0.25, 0.3) is 0 Å². The minimum absolute atomic E-state index is 0.0609. The fraction of sp³-hybridized carbons (Fsp3) is 0.0857. The summed E-state index contributed by atoms with van der Waals surface area (Å²) in [5.41, 5.74) is 14.7. The number of hydrogen-bond acceptors (Lipinski definition) is 3. The van der Waals surface area contributed by atoms with Crippen LogP contribution in [-0.4, -0.2) is 0 Å². The van der Waals surface area contributed by atoms with Crippen molar-refractivity contribution < 1.29 is 0 Å². The van der Waals surface area contributed by atoms with Crippen molar-refractivity contribution in [2.45, 2.75) is 19.5 Å². The molecule has 3 N–H and O–H groups in total. The van der Waals surface area contributed by atoms with Gasteiger partial charge in [-0.1, -0.05) is 109 Å². The molecule has 5 aromatic carbocycles. The third-order valence-electron chi connectivity index (χ3n) is 7.04. The van der Waals surface area contributed by atoms with Crippen LogP contribution in [0.1, 0.15) is 28.3 Å². The number of hydrogen-bond donors (Lipinski definition) is 2. The number of thiophene rings is 1. The van der Waals surface area contributed by atoms with Crippen LogP contribution in [0.25, 0.3) is 37.0 Å². The molecule has 0 spiro atoms. The molecule has 3 heteroatoms. The van der Waals surface area contributed by atoms with E-state index < -0.39 is 0 Å². The Labute approximate surface area is 228 Å². The van der Waals surface area contributed by atoms with Gasteiger partial charge in [0.1, 0.15) is 0 Å². The van der Waals surface area contributed by atoms with Crippen molar-refractivity contribution in [2.24, 2.45) is 5.73 Å². The zero-order valence-electron chi connectivity index (χ0n) is 21.4. The summed E-state index contributed by atoms with van der Waals surface area (Å²) in [7, 11) is 0. The van der Waals surface area contributed by atoms with Crippen LogP contribution in [0.4, 0.5) is 0 Å². The maximum atomic E-state index is 6.67. The summed E-state index contributed by atoms with van der Waals surface area (Å²) in [6.07, 6.45) is 2.16. The van der Waals surface area contributed by atoms with Crippen LogP contribution >= 0.6 is 11.3 Å². The number of nitrogens with one attached hydrogen (secondary N) is 1. The quantitative estimate of drug-likeness (QED) is 0.225. The summed E-state index contributed by atoms with van der Waals surface area (Å²) in [5.74, 6) is 0. The molecule has 2 nitrogen and oxygen atoms in total. The number of benzene rings is 5. The van der Waals surface area contributed by atoms with Crippen molar-refractivity contribution in [1.29, 1.82) is 0 Å². The summed E-state index contributed by atoms with van der Waals surface area (Å²) in [4.78, 5) is 0. The average Bonchev–Trinajstić information content (AvgIpc) is 3.35. The molecule has 186 valence electrons. The molecule has 0 aliphatic carbocycles. The molecule has 0 fully saturated rings. The van der Waals surface area contributed by atoms with Crippen molar-refractivity contribution >= 4 is 37.2 Å². The van der Waals surface area contributed by atoms with Gasteiger partial charge in [-0.15, -0.1) is 11.3 Å². The van der Waals surface area contributed by atoms with Gasteiger partial charge in [0, 0.05) is 32.4 Å². The van der Waals surface area contributed by atoms with E-state index in [1.807, 2.05) is 29.5 Å². The second kappa shape index (κ2) is 10.7. The van der Waals surface area contributed by atoms with E-state index >= 15 is 0 Å². The van der Waals surface area contributed by atoms with E-state index in [-0.39, 0.29) is 6.04 Å². The lowest BCUT2D eigenvalue weighted by Gasteiger charge is -2.19. The molecule has 0 bridgehead atoms. The highest BCUT2D eigenvalue weighted by Crippen LogP contribution is 2.42. The first-order valence-electron chi connectivity index (χ1n) is 13.0. The van der Waals surface area contributed by atoms with E-state index in [0.29, 0.717) is 0 Å². The zero-order valence-corrected chi connectivity index (χ0v) is 22.2. The van der Waals surface area contributed by atoms with Crippen LogP contribution < -0.4 is 11.1 Å². The molecule has 0 aliphatic heterocycles. The summed E-state index contributed by atoms with van der Waals surface area (Å²) >= 11 is 1.86. The molecule has 0 aliphatic rings. The SMILES string of the molecule is Cc1ccc(-c2cc(C(/C=C(\N)c3ccccc3)NCc3ccccc3)cc3sc4ccccc4c23)cc1. The van der Waals surface area contributed by atoms with E-state index in [1.165, 1.54) is 48.0 Å². The van der Waals surface area contributed by atoms with Gasteiger partial charge in [-0.2, -0.15) is 0 Å². The Morgan fingerprint density at radius 2 is 1.47 bits per heavy atom. The van der Waals surface area contributed by atoms with E-state index in [1.54, 1.807) is 0 Å². The summed E-state index contributed by atoms with van der Waals surface area (Å²) in [6.45, 7) is 2.88. The Morgan fingerprint density at radius 3 is 2.24 bits per heavy atom. The molecule has 6 rings (SSSR count). The molecule has 1 unspecified atom stereocenters. The second-order valence-corrected chi connectivity index (χ2v) is 10.8. The van der Waals surface area contributed by atoms with Gasteiger partial charge in [-0.3, -0.25) is 0 Å². The van der Waals surface area contributed by atoms with Gasteiger partial charge in [-0.05, 0) is 59.0 Å². The Balaban J connectivity index is 1.52. The van der Waals surface area contributed by atoms with Crippen molar-refractivity contribution in [2.75, 3.05) is 0 Å². The molecule has 6 aromatic rings. The maximum absolute atomic E-state index is 6.67. The molecule has 1 aromatic heterocycles. The highest BCUT2D eigenvalue weighted by Gasteiger charge is 2.17. The maximum Gasteiger partial charge on any atom is 0.0532 e. The molecular formula is C35H30N2S. The van der Waals surface area contributed by atoms with E-state index in [4.69, 9.17) is 5.73 Å². The molecule has 1 atom stereocenters. The summed E-state index contributed by atoms with van der Waals surface area (Å²) < 4.78 is 2.60. The molecule has 38 heavy (non-hydrogen) atoms. The van der Waals surface area contributed by atoms with Gasteiger partial charge in [0.05, 0.1) is 6.04 Å². The van der Waals surface area contributed by atoms with E-state index in [9.17, 15) is 0 Å². The zero-order chi connectivity index (χ0) is 25.9. The lowest BCUT2D eigenvalue weighted by molar-refractivity contribution is 0.622. The normalized spacial score (nSPS) is 12.7. The fourth-order valence-electron chi connectivity index (χ4n) is 5.02. The van der Waals surface area contributed by atoms with Crippen molar-refractivity contribution in [3.05, 3.63) is 150 Å². The number of rotatable bonds is 7. The molecular weight excluding hydrogens is 480 g/mol. The molecule has 0 saturated heterocycles. The Morgan fingerprint density at radius 1 is 0.789 bits per heavy atom. The number of nitrogens with two attached hydrogens (primary N) is 1. The predicted octanol–water partition coefficient (Wildman–Crippen LogP) is 8.86. The Hall–Kier alpha value is -4.18. The first-order chi connectivity index (χ1) is 18.7. The fourth-order valence-corrected chi connectivity index (χ4v) is 6.20. The van der Waals surface area contributed by atoms with Gasteiger partial charge in [0.2, 0.25) is 0 Å². The topological polar surface area (TPSA) is 38.0 Å². The van der Waals surface area contributed by atoms with Crippen LogP contribution in [0, 0.1) is 6.92 Å². The number of aryl methyl sites for hydroxylation is 1. The van der Waals surface area contributed by atoms with Crippen LogP contribution in [0.2, 0.25) is 0 Å². The Bertz CT molecular complexity index is 1720.